The lowest BCUT2D eigenvalue weighted by molar-refractivity contribution is -0.163. The highest BCUT2D eigenvalue weighted by atomic mass is 16.6. The third kappa shape index (κ3) is 4.71. The Morgan fingerprint density at radius 3 is 2.44 bits per heavy atom. The monoisotopic (exact) mass is 354 g/mol. The molecule has 1 N–H and O–H groups in total. The molecule has 0 bridgehead atoms. The SMILES string of the molecule is CCOC(=O)C1(N[C@@H](C)C(=O)N2CCC[C@H]2C(=O)OC(C)(C)C)CC1. The second-order valence-corrected chi connectivity index (χ2v) is 7.89. The van der Waals surface area contributed by atoms with Crippen molar-refractivity contribution in [3.8, 4) is 0 Å². The summed E-state index contributed by atoms with van der Waals surface area (Å²) in [4.78, 5) is 38.8. The van der Waals surface area contributed by atoms with Crippen molar-refractivity contribution >= 4 is 17.8 Å². The summed E-state index contributed by atoms with van der Waals surface area (Å²) in [6, 6.07) is -1.11. The van der Waals surface area contributed by atoms with E-state index in [4.69, 9.17) is 9.47 Å². The summed E-state index contributed by atoms with van der Waals surface area (Å²) < 4.78 is 10.5. The van der Waals surface area contributed by atoms with E-state index in [1.807, 2.05) is 20.8 Å². The van der Waals surface area contributed by atoms with Gasteiger partial charge in [0.25, 0.3) is 0 Å². The third-order valence-corrected chi connectivity index (χ3v) is 4.49. The zero-order valence-electron chi connectivity index (χ0n) is 15.9. The van der Waals surface area contributed by atoms with Crippen LogP contribution in [0.2, 0.25) is 0 Å². The molecule has 2 atom stereocenters. The molecule has 2 aliphatic rings. The Kier molecular flexibility index (Phi) is 5.76. The summed E-state index contributed by atoms with van der Waals surface area (Å²) in [5.41, 5.74) is -1.33. The van der Waals surface area contributed by atoms with Gasteiger partial charge in [-0.15, -0.1) is 0 Å². The van der Waals surface area contributed by atoms with Crippen molar-refractivity contribution in [1.29, 1.82) is 0 Å². The van der Waals surface area contributed by atoms with E-state index in [0.29, 0.717) is 32.4 Å². The van der Waals surface area contributed by atoms with Crippen LogP contribution in [0.5, 0.6) is 0 Å². The zero-order valence-corrected chi connectivity index (χ0v) is 15.9. The molecule has 25 heavy (non-hydrogen) atoms. The zero-order chi connectivity index (χ0) is 18.8. The van der Waals surface area contributed by atoms with Gasteiger partial charge in [-0.3, -0.25) is 14.9 Å². The summed E-state index contributed by atoms with van der Waals surface area (Å²) >= 11 is 0. The van der Waals surface area contributed by atoms with Crippen molar-refractivity contribution in [2.24, 2.45) is 0 Å². The lowest BCUT2D eigenvalue weighted by Gasteiger charge is -2.30. The molecule has 0 radical (unpaired) electrons. The fourth-order valence-electron chi connectivity index (χ4n) is 3.17. The van der Waals surface area contributed by atoms with E-state index in [1.54, 1.807) is 18.7 Å². The summed E-state index contributed by atoms with van der Waals surface area (Å²) in [6.45, 7) is 9.77. The average molecular weight is 354 g/mol. The predicted octanol–water partition coefficient (Wildman–Crippen LogP) is 1.39. The number of nitrogens with zero attached hydrogens (tertiary/aromatic N) is 1. The van der Waals surface area contributed by atoms with E-state index >= 15 is 0 Å². The summed E-state index contributed by atoms with van der Waals surface area (Å²) in [5, 5.41) is 3.12. The number of hydrogen-bond acceptors (Lipinski definition) is 6. The topological polar surface area (TPSA) is 84.9 Å². The minimum atomic E-state index is -0.744. The molecule has 0 aromatic heterocycles. The van der Waals surface area contributed by atoms with Crippen LogP contribution in [0.3, 0.4) is 0 Å². The van der Waals surface area contributed by atoms with Crippen LogP contribution < -0.4 is 5.32 Å². The highest BCUT2D eigenvalue weighted by Gasteiger charge is 2.53. The van der Waals surface area contributed by atoms with Crippen molar-refractivity contribution in [3.63, 3.8) is 0 Å². The summed E-state index contributed by atoms with van der Waals surface area (Å²) in [6.07, 6.45) is 2.71. The first-order valence-corrected chi connectivity index (χ1v) is 9.08. The second-order valence-electron chi connectivity index (χ2n) is 7.89. The van der Waals surface area contributed by atoms with Crippen molar-refractivity contribution in [2.75, 3.05) is 13.2 Å². The van der Waals surface area contributed by atoms with Crippen LogP contribution in [0.15, 0.2) is 0 Å². The minimum Gasteiger partial charge on any atom is -0.465 e. The predicted molar refractivity (Wildman–Crippen MR) is 91.8 cm³/mol. The highest BCUT2D eigenvalue weighted by Crippen LogP contribution is 2.37. The van der Waals surface area contributed by atoms with E-state index in [0.717, 1.165) is 6.42 Å². The van der Waals surface area contributed by atoms with Crippen LogP contribution >= 0.6 is 0 Å². The fraction of sp³-hybridized carbons (Fsp3) is 0.833. The van der Waals surface area contributed by atoms with Gasteiger partial charge in [0, 0.05) is 6.54 Å². The van der Waals surface area contributed by atoms with Gasteiger partial charge in [-0.25, -0.2) is 4.79 Å². The number of hydrogen-bond donors (Lipinski definition) is 1. The molecule has 1 aliphatic heterocycles. The van der Waals surface area contributed by atoms with Crippen molar-refractivity contribution in [2.45, 2.75) is 83.5 Å². The van der Waals surface area contributed by atoms with E-state index in [9.17, 15) is 14.4 Å². The molecule has 0 spiro atoms. The van der Waals surface area contributed by atoms with Crippen LogP contribution in [0, 0.1) is 0 Å². The normalized spacial score (nSPS) is 23.1. The first kappa shape index (κ1) is 19.7. The largest absolute Gasteiger partial charge is 0.465 e. The van der Waals surface area contributed by atoms with Gasteiger partial charge in [0.1, 0.15) is 17.2 Å². The molecule has 1 saturated heterocycles. The first-order valence-electron chi connectivity index (χ1n) is 9.08. The number of ether oxygens (including phenoxy) is 2. The number of rotatable bonds is 6. The van der Waals surface area contributed by atoms with E-state index in [-0.39, 0.29) is 17.8 Å². The Labute approximate surface area is 149 Å². The van der Waals surface area contributed by atoms with Gasteiger partial charge in [-0.2, -0.15) is 0 Å². The number of carbonyl (C=O) groups is 3. The van der Waals surface area contributed by atoms with E-state index < -0.39 is 23.2 Å². The Bertz CT molecular complexity index is 536. The maximum Gasteiger partial charge on any atom is 0.329 e. The molecule has 1 amide bonds. The highest BCUT2D eigenvalue weighted by molar-refractivity contribution is 5.90. The molecular formula is C18H30N2O5. The summed E-state index contributed by atoms with van der Waals surface area (Å²) in [5.74, 6) is -0.847. The van der Waals surface area contributed by atoms with Crippen molar-refractivity contribution in [1.82, 2.24) is 10.2 Å². The molecule has 1 heterocycles. The van der Waals surface area contributed by atoms with Gasteiger partial charge in [-0.1, -0.05) is 0 Å². The number of carbonyl (C=O) groups excluding carboxylic acids is 3. The Morgan fingerprint density at radius 1 is 1.28 bits per heavy atom. The molecule has 0 aromatic carbocycles. The van der Waals surface area contributed by atoms with Gasteiger partial charge in [0.2, 0.25) is 5.91 Å². The lowest BCUT2D eigenvalue weighted by atomic mass is 10.1. The number of likely N-dealkylation sites (tertiary alicyclic amines) is 1. The van der Waals surface area contributed by atoms with Gasteiger partial charge in [0.05, 0.1) is 12.6 Å². The van der Waals surface area contributed by atoms with Crippen LogP contribution in [0.25, 0.3) is 0 Å². The van der Waals surface area contributed by atoms with Crippen molar-refractivity contribution in [3.05, 3.63) is 0 Å². The third-order valence-electron chi connectivity index (χ3n) is 4.49. The van der Waals surface area contributed by atoms with Crippen LogP contribution in [-0.2, 0) is 23.9 Å². The molecule has 1 saturated carbocycles. The molecule has 2 rings (SSSR count). The number of amides is 1. The quantitative estimate of drug-likeness (QED) is 0.726. The van der Waals surface area contributed by atoms with Gasteiger partial charge in [-0.05, 0) is 60.3 Å². The van der Waals surface area contributed by atoms with Gasteiger partial charge in [0.15, 0.2) is 0 Å². The second kappa shape index (κ2) is 7.32. The fourth-order valence-corrected chi connectivity index (χ4v) is 3.17. The van der Waals surface area contributed by atoms with Crippen LogP contribution in [0.4, 0.5) is 0 Å². The Morgan fingerprint density at radius 2 is 1.92 bits per heavy atom. The average Bonchev–Trinajstić information content (AvgIpc) is 3.11. The first-order chi connectivity index (χ1) is 11.6. The molecule has 7 heteroatoms. The van der Waals surface area contributed by atoms with Gasteiger partial charge < -0.3 is 14.4 Å². The van der Waals surface area contributed by atoms with Crippen molar-refractivity contribution < 1.29 is 23.9 Å². The molecule has 0 unspecified atom stereocenters. The van der Waals surface area contributed by atoms with Crippen LogP contribution in [0.1, 0.15) is 60.3 Å². The van der Waals surface area contributed by atoms with E-state index in [1.165, 1.54) is 0 Å². The Balaban J connectivity index is 1.99. The smallest absolute Gasteiger partial charge is 0.329 e. The number of esters is 2. The van der Waals surface area contributed by atoms with Crippen LogP contribution in [-0.4, -0.2) is 59.1 Å². The maximum atomic E-state index is 12.8. The Hall–Kier alpha value is -1.63. The molecule has 7 nitrogen and oxygen atoms in total. The van der Waals surface area contributed by atoms with E-state index in [2.05, 4.69) is 5.32 Å². The molecule has 142 valence electrons. The molecular weight excluding hydrogens is 324 g/mol. The summed E-state index contributed by atoms with van der Waals surface area (Å²) in [7, 11) is 0. The standard InChI is InChI=1S/C18H30N2O5/c1-6-24-16(23)18(9-10-18)19-12(2)14(21)20-11-7-8-13(20)15(22)25-17(3,4)5/h12-13,19H,6-11H2,1-5H3/t12-,13-/m0/s1. The molecule has 1 aliphatic carbocycles. The maximum absolute atomic E-state index is 12.8. The lowest BCUT2D eigenvalue weighted by Crippen LogP contribution is -2.54. The number of nitrogens with one attached hydrogen (secondary N) is 1. The molecule has 0 aromatic rings. The minimum absolute atomic E-state index is 0.177. The molecule has 2 fully saturated rings. The van der Waals surface area contributed by atoms with Gasteiger partial charge >= 0.3 is 11.9 Å².